The molecule has 2 aromatic carbocycles. The van der Waals surface area contributed by atoms with Gasteiger partial charge in [-0.2, -0.15) is 0 Å². The maximum atomic E-state index is 13.2. The van der Waals surface area contributed by atoms with Crippen LogP contribution < -0.4 is 10.5 Å². The summed E-state index contributed by atoms with van der Waals surface area (Å²) in [6.07, 6.45) is 0. The Bertz CT molecular complexity index is 1100. The van der Waals surface area contributed by atoms with Crippen molar-refractivity contribution < 1.29 is 19.1 Å². The largest absolute Gasteiger partial charge is 0.427 e. The third-order valence-electron chi connectivity index (χ3n) is 4.64. The number of esters is 1. The number of nitrogens with zero attached hydrogens (tertiary/aromatic N) is 1. The van der Waals surface area contributed by atoms with Gasteiger partial charge in [0.15, 0.2) is 0 Å². The summed E-state index contributed by atoms with van der Waals surface area (Å²) in [5.74, 6) is -1.54. The summed E-state index contributed by atoms with van der Waals surface area (Å²) in [6.45, 7) is 4.74. The van der Waals surface area contributed by atoms with Gasteiger partial charge in [-0.3, -0.25) is 19.0 Å². The highest BCUT2D eigenvalue weighted by Crippen LogP contribution is 2.35. The van der Waals surface area contributed by atoms with E-state index in [1.54, 1.807) is 56.3 Å². The zero-order valence-corrected chi connectivity index (χ0v) is 16.4. The van der Waals surface area contributed by atoms with Gasteiger partial charge in [-0.25, -0.2) is 0 Å². The Labute approximate surface area is 166 Å². The van der Waals surface area contributed by atoms with E-state index in [-0.39, 0.29) is 5.91 Å². The van der Waals surface area contributed by atoms with Crippen molar-refractivity contribution in [1.29, 1.82) is 0 Å². The van der Waals surface area contributed by atoms with E-state index in [1.165, 1.54) is 11.5 Å². The molecular weight excluding hydrogens is 380 g/mol. The van der Waals surface area contributed by atoms with Crippen LogP contribution in [0.25, 0.3) is 10.9 Å². The highest BCUT2D eigenvalue weighted by Gasteiger charge is 2.26. The van der Waals surface area contributed by atoms with Gasteiger partial charge in [0, 0.05) is 28.6 Å². The second-order valence-electron chi connectivity index (χ2n) is 6.54. The molecule has 144 valence electrons. The molecule has 28 heavy (non-hydrogen) atoms. The third kappa shape index (κ3) is 3.51. The topological polar surface area (TPSA) is 91.4 Å². The Morgan fingerprint density at radius 1 is 1.11 bits per heavy atom. The van der Waals surface area contributed by atoms with Crippen LogP contribution in [0, 0.1) is 6.92 Å². The minimum Gasteiger partial charge on any atom is -0.427 e. The van der Waals surface area contributed by atoms with Crippen molar-refractivity contribution in [3.8, 4) is 5.75 Å². The Balaban J connectivity index is 2.26. The summed E-state index contributed by atoms with van der Waals surface area (Å²) < 4.78 is 6.69. The lowest BCUT2D eigenvalue weighted by molar-refractivity contribution is -0.131. The SMILES string of the molecule is CC(=O)Oc1ccc2c(c1)c(C(C)C(N)=O)c(C)n2C(=O)c1ccc(Cl)cc1. The molecule has 1 unspecified atom stereocenters. The molecule has 0 bridgehead atoms. The number of carbonyl (C=O) groups is 3. The summed E-state index contributed by atoms with van der Waals surface area (Å²) in [7, 11) is 0. The predicted octanol–water partition coefficient (Wildman–Crippen LogP) is 3.81. The van der Waals surface area contributed by atoms with Crippen molar-refractivity contribution in [3.63, 3.8) is 0 Å². The lowest BCUT2D eigenvalue weighted by Gasteiger charge is -2.10. The minimum absolute atomic E-state index is 0.262. The molecule has 2 N–H and O–H groups in total. The van der Waals surface area contributed by atoms with E-state index >= 15 is 0 Å². The molecule has 0 spiro atoms. The van der Waals surface area contributed by atoms with Crippen LogP contribution in [-0.4, -0.2) is 22.4 Å². The number of nitrogens with two attached hydrogens (primary N) is 1. The molecule has 0 fully saturated rings. The molecule has 0 aliphatic heterocycles. The zero-order valence-electron chi connectivity index (χ0n) is 15.7. The number of hydrogen-bond acceptors (Lipinski definition) is 4. The van der Waals surface area contributed by atoms with E-state index in [2.05, 4.69) is 0 Å². The summed E-state index contributed by atoms with van der Waals surface area (Å²) >= 11 is 5.92. The molecule has 6 nitrogen and oxygen atoms in total. The normalized spacial score (nSPS) is 12.0. The Morgan fingerprint density at radius 3 is 2.32 bits per heavy atom. The van der Waals surface area contributed by atoms with Crippen LogP contribution in [0.3, 0.4) is 0 Å². The first kappa shape index (κ1) is 19.6. The number of fused-ring (bicyclic) bond motifs is 1. The molecule has 7 heteroatoms. The number of rotatable bonds is 4. The standard InChI is InChI=1S/C21H19ClN2O4/c1-11(20(23)26)19-12(2)24(21(27)14-4-6-15(22)7-5-14)18-9-8-16(10-17(18)19)28-13(3)25/h4-11H,1-3H3,(H2,23,26). The lowest BCUT2D eigenvalue weighted by Crippen LogP contribution is -2.20. The smallest absolute Gasteiger partial charge is 0.308 e. The monoisotopic (exact) mass is 398 g/mol. The van der Waals surface area contributed by atoms with Gasteiger partial charge in [-0.1, -0.05) is 11.6 Å². The van der Waals surface area contributed by atoms with Crippen LogP contribution in [0.5, 0.6) is 5.75 Å². The van der Waals surface area contributed by atoms with Crippen molar-refractivity contribution in [2.45, 2.75) is 26.7 Å². The number of aromatic nitrogens is 1. The van der Waals surface area contributed by atoms with Crippen LogP contribution in [0.15, 0.2) is 42.5 Å². The van der Waals surface area contributed by atoms with E-state index in [9.17, 15) is 14.4 Å². The van der Waals surface area contributed by atoms with Crippen LogP contribution >= 0.6 is 11.6 Å². The number of hydrogen-bond donors (Lipinski definition) is 1. The van der Waals surface area contributed by atoms with Crippen molar-refractivity contribution in [2.24, 2.45) is 5.73 Å². The Kier molecular flexibility index (Phi) is 5.25. The molecule has 0 aliphatic rings. The second kappa shape index (κ2) is 7.48. The molecule has 0 aliphatic carbocycles. The first-order chi connectivity index (χ1) is 13.2. The maximum Gasteiger partial charge on any atom is 0.308 e. The first-order valence-electron chi connectivity index (χ1n) is 8.63. The molecule has 0 saturated heterocycles. The maximum absolute atomic E-state index is 13.2. The van der Waals surface area contributed by atoms with Crippen molar-refractivity contribution in [1.82, 2.24) is 4.57 Å². The van der Waals surface area contributed by atoms with Gasteiger partial charge in [0.2, 0.25) is 5.91 Å². The van der Waals surface area contributed by atoms with Gasteiger partial charge in [-0.05, 0) is 61.9 Å². The van der Waals surface area contributed by atoms with E-state index in [0.717, 1.165) is 0 Å². The van der Waals surface area contributed by atoms with Crippen LogP contribution in [0.4, 0.5) is 0 Å². The molecule has 1 aromatic heterocycles. The van der Waals surface area contributed by atoms with Gasteiger partial charge in [0.1, 0.15) is 5.75 Å². The quantitative estimate of drug-likeness (QED) is 0.534. The number of ether oxygens (including phenoxy) is 1. The van der Waals surface area contributed by atoms with Gasteiger partial charge in [0.05, 0.1) is 11.4 Å². The van der Waals surface area contributed by atoms with Crippen molar-refractivity contribution >= 4 is 40.3 Å². The van der Waals surface area contributed by atoms with E-state index in [0.29, 0.717) is 38.5 Å². The predicted molar refractivity (Wildman–Crippen MR) is 107 cm³/mol. The number of primary amides is 1. The molecule has 3 rings (SSSR count). The van der Waals surface area contributed by atoms with Crippen molar-refractivity contribution in [2.75, 3.05) is 0 Å². The van der Waals surface area contributed by atoms with Crippen LogP contribution in [-0.2, 0) is 9.59 Å². The second-order valence-corrected chi connectivity index (χ2v) is 6.98. The number of carbonyl (C=O) groups excluding carboxylic acids is 3. The van der Waals surface area contributed by atoms with Gasteiger partial charge < -0.3 is 10.5 Å². The van der Waals surface area contributed by atoms with Crippen molar-refractivity contribution in [3.05, 3.63) is 64.3 Å². The number of benzene rings is 2. The van der Waals surface area contributed by atoms with Gasteiger partial charge >= 0.3 is 5.97 Å². The molecule has 1 atom stereocenters. The average molecular weight is 399 g/mol. The molecule has 0 radical (unpaired) electrons. The van der Waals surface area contributed by atoms with Crippen LogP contribution in [0.2, 0.25) is 5.02 Å². The number of amides is 1. The van der Waals surface area contributed by atoms with Gasteiger partial charge in [-0.15, -0.1) is 0 Å². The molecule has 0 saturated carbocycles. The Hall–Kier alpha value is -3.12. The first-order valence-corrected chi connectivity index (χ1v) is 9.01. The highest BCUT2D eigenvalue weighted by atomic mass is 35.5. The number of halogens is 1. The highest BCUT2D eigenvalue weighted by molar-refractivity contribution is 6.30. The fourth-order valence-electron chi connectivity index (χ4n) is 3.32. The Morgan fingerprint density at radius 2 is 1.75 bits per heavy atom. The molecule has 3 aromatic rings. The lowest BCUT2D eigenvalue weighted by atomic mass is 9.97. The van der Waals surface area contributed by atoms with E-state index in [1.807, 2.05) is 0 Å². The summed E-state index contributed by atoms with van der Waals surface area (Å²) in [6, 6.07) is 11.5. The molecule has 1 amide bonds. The summed E-state index contributed by atoms with van der Waals surface area (Å²) in [5.41, 5.74) is 7.79. The van der Waals surface area contributed by atoms with E-state index in [4.69, 9.17) is 22.1 Å². The van der Waals surface area contributed by atoms with Gasteiger partial charge in [0.25, 0.3) is 5.91 Å². The fraction of sp³-hybridized carbons (Fsp3) is 0.190. The summed E-state index contributed by atoms with van der Waals surface area (Å²) in [4.78, 5) is 36.4. The fourth-order valence-corrected chi connectivity index (χ4v) is 3.45. The van der Waals surface area contributed by atoms with E-state index < -0.39 is 17.8 Å². The third-order valence-corrected chi connectivity index (χ3v) is 4.89. The van der Waals surface area contributed by atoms with Crippen LogP contribution in [0.1, 0.15) is 41.4 Å². The average Bonchev–Trinajstić information content (AvgIpc) is 2.91. The summed E-state index contributed by atoms with van der Waals surface area (Å²) in [5, 5.41) is 1.16. The minimum atomic E-state index is -0.630. The molecule has 1 heterocycles. The zero-order chi connectivity index (χ0) is 20.6. The molecular formula is C21H19ClN2O4.